The van der Waals surface area contributed by atoms with E-state index in [1.807, 2.05) is 0 Å². The molecule has 0 amide bonds. The van der Waals surface area contributed by atoms with Gasteiger partial charge in [-0.1, -0.05) is 12.7 Å². The fraction of sp³-hybridized carbons (Fsp3) is 0.222. The summed E-state index contributed by atoms with van der Waals surface area (Å²) in [6.07, 6.45) is 5.01. The van der Waals surface area contributed by atoms with Crippen molar-refractivity contribution in [1.29, 1.82) is 0 Å². The second-order valence-corrected chi connectivity index (χ2v) is 2.50. The highest BCUT2D eigenvalue weighted by molar-refractivity contribution is 5.51. The number of nitrogens with two attached hydrogens (primary N) is 1. The molecule has 0 fully saturated rings. The van der Waals surface area contributed by atoms with Gasteiger partial charge in [-0.25, -0.2) is 0 Å². The molecule has 0 aromatic carbocycles. The predicted octanol–water partition coefficient (Wildman–Crippen LogP) is 0.717. The molecular weight excluding hydrogens is 152 g/mol. The number of aliphatic hydroxyl groups is 1. The van der Waals surface area contributed by atoms with Gasteiger partial charge in [0.25, 0.3) is 0 Å². The smallest absolute Gasteiger partial charge is 0.0624 e. The zero-order valence-corrected chi connectivity index (χ0v) is 6.77. The summed E-state index contributed by atoms with van der Waals surface area (Å²) in [5.74, 6) is 0. The average molecular weight is 164 g/mol. The van der Waals surface area contributed by atoms with Gasteiger partial charge in [0.1, 0.15) is 0 Å². The molecule has 3 N–H and O–H groups in total. The Morgan fingerprint density at radius 2 is 2.50 bits per heavy atom. The van der Waals surface area contributed by atoms with Crippen LogP contribution in [0.3, 0.4) is 0 Å². The van der Waals surface area contributed by atoms with Crippen molar-refractivity contribution in [3.05, 3.63) is 36.2 Å². The molecule has 1 aromatic heterocycles. The number of nitrogens with zero attached hydrogens (tertiary/aromatic N) is 1. The Bertz CT molecular complexity index is 273. The van der Waals surface area contributed by atoms with Gasteiger partial charge in [0, 0.05) is 12.4 Å². The van der Waals surface area contributed by atoms with Gasteiger partial charge in [0.15, 0.2) is 0 Å². The summed E-state index contributed by atoms with van der Waals surface area (Å²) in [5.41, 5.74) is 7.40. The summed E-state index contributed by atoms with van der Waals surface area (Å²) in [6, 6.07) is 1.44. The van der Waals surface area contributed by atoms with Crippen molar-refractivity contribution in [3.63, 3.8) is 0 Å². The Hall–Kier alpha value is -1.19. The molecule has 0 spiro atoms. The third-order valence-electron chi connectivity index (χ3n) is 1.70. The molecule has 1 atom stereocenters. The topological polar surface area (TPSA) is 59.1 Å². The summed E-state index contributed by atoms with van der Waals surface area (Å²) in [4.78, 5) is 3.92. The highest BCUT2D eigenvalue weighted by atomic mass is 16.3. The minimum atomic E-state index is -0.346. The lowest BCUT2D eigenvalue weighted by molar-refractivity contribution is 0.268. The van der Waals surface area contributed by atoms with E-state index in [0.717, 1.165) is 11.1 Å². The largest absolute Gasteiger partial charge is 0.394 e. The first-order valence-electron chi connectivity index (χ1n) is 3.72. The first-order valence-corrected chi connectivity index (χ1v) is 3.72. The number of hydrogen-bond acceptors (Lipinski definition) is 3. The van der Waals surface area contributed by atoms with E-state index in [1.54, 1.807) is 24.5 Å². The van der Waals surface area contributed by atoms with Crippen LogP contribution in [0.4, 0.5) is 0 Å². The lowest BCUT2D eigenvalue weighted by Crippen LogP contribution is -2.15. The van der Waals surface area contributed by atoms with Gasteiger partial charge in [0.2, 0.25) is 0 Å². The van der Waals surface area contributed by atoms with E-state index in [4.69, 9.17) is 10.8 Å². The number of aromatic nitrogens is 1. The summed E-state index contributed by atoms with van der Waals surface area (Å²) in [6.45, 7) is 3.57. The Balaban J connectivity index is 3.04. The Kier molecular flexibility index (Phi) is 2.96. The van der Waals surface area contributed by atoms with Gasteiger partial charge in [-0.3, -0.25) is 4.98 Å². The van der Waals surface area contributed by atoms with E-state index in [0.29, 0.717) is 0 Å². The summed E-state index contributed by atoms with van der Waals surface area (Å²) < 4.78 is 0. The SMILES string of the molecule is C=Cc1cnccc1[C@@H](N)CO. The molecule has 0 radical (unpaired) electrons. The molecule has 0 saturated carbocycles. The van der Waals surface area contributed by atoms with Crippen LogP contribution in [0.2, 0.25) is 0 Å². The van der Waals surface area contributed by atoms with Gasteiger partial charge in [-0.15, -0.1) is 0 Å². The van der Waals surface area contributed by atoms with Gasteiger partial charge in [0.05, 0.1) is 12.6 Å². The maximum absolute atomic E-state index is 8.83. The lowest BCUT2D eigenvalue weighted by Gasteiger charge is -2.10. The number of pyridine rings is 1. The molecule has 1 heterocycles. The van der Waals surface area contributed by atoms with E-state index in [9.17, 15) is 0 Å². The number of rotatable bonds is 3. The zero-order valence-electron chi connectivity index (χ0n) is 6.77. The molecule has 1 rings (SSSR count). The molecule has 0 aliphatic carbocycles. The molecule has 0 bridgehead atoms. The Labute approximate surface area is 71.6 Å². The van der Waals surface area contributed by atoms with Crippen LogP contribution in [0, 0.1) is 0 Å². The van der Waals surface area contributed by atoms with Crippen molar-refractivity contribution in [2.24, 2.45) is 5.73 Å². The molecule has 3 heteroatoms. The van der Waals surface area contributed by atoms with E-state index in [-0.39, 0.29) is 12.6 Å². The summed E-state index contributed by atoms with van der Waals surface area (Å²) >= 11 is 0. The van der Waals surface area contributed by atoms with E-state index in [2.05, 4.69) is 11.6 Å². The van der Waals surface area contributed by atoms with Gasteiger partial charge < -0.3 is 10.8 Å². The first kappa shape index (κ1) is 8.90. The van der Waals surface area contributed by atoms with Crippen molar-refractivity contribution in [1.82, 2.24) is 4.98 Å². The second-order valence-electron chi connectivity index (χ2n) is 2.50. The Morgan fingerprint density at radius 3 is 3.08 bits per heavy atom. The van der Waals surface area contributed by atoms with Crippen LogP contribution >= 0.6 is 0 Å². The Morgan fingerprint density at radius 1 is 1.75 bits per heavy atom. The fourth-order valence-corrected chi connectivity index (χ4v) is 1.02. The van der Waals surface area contributed by atoms with Crippen LogP contribution in [0.5, 0.6) is 0 Å². The minimum absolute atomic E-state index is 0.0646. The van der Waals surface area contributed by atoms with E-state index < -0.39 is 0 Å². The maximum atomic E-state index is 8.83. The van der Waals surface area contributed by atoms with Crippen LogP contribution in [-0.4, -0.2) is 16.7 Å². The third-order valence-corrected chi connectivity index (χ3v) is 1.70. The van der Waals surface area contributed by atoms with Gasteiger partial charge >= 0.3 is 0 Å². The van der Waals surface area contributed by atoms with Crippen LogP contribution in [0.25, 0.3) is 6.08 Å². The maximum Gasteiger partial charge on any atom is 0.0624 e. The second kappa shape index (κ2) is 3.99. The van der Waals surface area contributed by atoms with Gasteiger partial charge in [-0.05, 0) is 17.2 Å². The number of hydrogen-bond donors (Lipinski definition) is 2. The third kappa shape index (κ3) is 1.69. The van der Waals surface area contributed by atoms with Crippen LogP contribution < -0.4 is 5.73 Å². The van der Waals surface area contributed by atoms with Crippen molar-refractivity contribution < 1.29 is 5.11 Å². The molecule has 3 nitrogen and oxygen atoms in total. The molecule has 0 unspecified atom stereocenters. The minimum Gasteiger partial charge on any atom is -0.394 e. The molecule has 0 saturated heterocycles. The summed E-state index contributed by atoms with van der Waals surface area (Å²) in [7, 11) is 0. The molecule has 0 aliphatic rings. The average Bonchev–Trinajstić information content (AvgIpc) is 2.16. The van der Waals surface area contributed by atoms with E-state index in [1.165, 1.54) is 0 Å². The van der Waals surface area contributed by atoms with Gasteiger partial charge in [-0.2, -0.15) is 0 Å². The molecule has 0 aliphatic heterocycles. The molecule has 64 valence electrons. The highest BCUT2D eigenvalue weighted by Crippen LogP contribution is 2.14. The quantitative estimate of drug-likeness (QED) is 0.692. The normalized spacial score (nSPS) is 12.5. The fourth-order valence-electron chi connectivity index (χ4n) is 1.02. The van der Waals surface area contributed by atoms with Crippen molar-refractivity contribution in [2.45, 2.75) is 6.04 Å². The zero-order chi connectivity index (χ0) is 8.97. The molecule has 1 aromatic rings. The first-order chi connectivity index (χ1) is 5.79. The monoisotopic (exact) mass is 164 g/mol. The predicted molar refractivity (Wildman–Crippen MR) is 48.3 cm³/mol. The van der Waals surface area contributed by atoms with Crippen molar-refractivity contribution >= 4 is 6.08 Å². The van der Waals surface area contributed by atoms with Crippen molar-refractivity contribution in [2.75, 3.05) is 6.61 Å². The van der Waals surface area contributed by atoms with Crippen LogP contribution in [-0.2, 0) is 0 Å². The highest BCUT2D eigenvalue weighted by Gasteiger charge is 2.06. The summed E-state index contributed by atoms with van der Waals surface area (Å²) in [5, 5.41) is 8.83. The molecule has 12 heavy (non-hydrogen) atoms. The van der Waals surface area contributed by atoms with Crippen molar-refractivity contribution in [3.8, 4) is 0 Å². The van der Waals surface area contributed by atoms with Crippen LogP contribution in [0.1, 0.15) is 17.2 Å². The molecular formula is C9H12N2O. The van der Waals surface area contributed by atoms with E-state index >= 15 is 0 Å². The van der Waals surface area contributed by atoms with Crippen LogP contribution in [0.15, 0.2) is 25.0 Å². The standard InChI is InChI=1S/C9H12N2O/c1-2-7-5-11-4-3-8(7)9(10)6-12/h2-5,9,12H,1,6,10H2/t9-/m0/s1. The number of aliphatic hydroxyl groups excluding tert-OH is 1. The lowest BCUT2D eigenvalue weighted by atomic mass is 10.0.